The van der Waals surface area contributed by atoms with Crippen molar-refractivity contribution in [3.8, 4) is 0 Å². The van der Waals surface area contributed by atoms with Gasteiger partial charge in [-0.05, 0) is 148 Å². The molecule has 0 spiro atoms. The van der Waals surface area contributed by atoms with Gasteiger partial charge in [-0.2, -0.15) is 0 Å². The number of benzene rings is 2. The lowest BCUT2D eigenvalue weighted by atomic mass is 10.0. The minimum atomic E-state index is 0.844. The van der Waals surface area contributed by atoms with E-state index in [1.165, 1.54) is 22.2 Å². The second-order valence-corrected chi connectivity index (χ2v) is 15.4. The summed E-state index contributed by atoms with van der Waals surface area (Å²) in [5.41, 5.74) is 7.23. The van der Waals surface area contributed by atoms with Crippen molar-refractivity contribution < 1.29 is 4.74 Å². The first-order valence-electron chi connectivity index (χ1n) is 13.1. The molecule has 1 fully saturated rings. The van der Waals surface area contributed by atoms with Crippen LogP contribution in [0.15, 0.2) is 31.6 Å². The van der Waals surface area contributed by atoms with Crippen LogP contribution in [0, 0.1) is 0 Å². The zero-order valence-electron chi connectivity index (χ0n) is 21.3. The molecule has 40 heavy (non-hydrogen) atoms. The number of nitrogens with zero attached hydrogens (tertiary/aromatic N) is 5. The number of rotatable bonds is 4. The highest BCUT2D eigenvalue weighted by atomic mass is 79.9. The Morgan fingerprint density at radius 3 is 1.82 bits per heavy atom. The van der Waals surface area contributed by atoms with E-state index in [9.17, 15) is 0 Å². The average Bonchev–Trinajstić information content (AvgIpc) is 3.52. The number of imidazole rings is 2. The van der Waals surface area contributed by atoms with E-state index in [0.717, 1.165) is 127 Å². The van der Waals surface area contributed by atoms with Gasteiger partial charge >= 0.3 is 0 Å². The molecule has 0 amide bonds. The molecule has 4 aromatic rings. The third kappa shape index (κ3) is 5.57. The van der Waals surface area contributed by atoms with Gasteiger partial charge in [0.25, 0.3) is 0 Å². The molecule has 3 aliphatic rings. The summed E-state index contributed by atoms with van der Waals surface area (Å²) in [6.45, 7) is 7.70. The highest BCUT2D eigenvalue weighted by Crippen LogP contribution is 2.45. The largest absolute Gasteiger partial charge is 0.379 e. The fraction of sp³-hybridized carbons (Fsp3) is 0.462. The molecular weight excluding hydrogens is 972 g/mol. The van der Waals surface area contributed by atoms with Crippen molar-refractivity contribution in [3.63, 3.8) is 0 Å². The Morgan fingerprint density at radius 1 is 0.650 bits per heavy atom. The van der Waals surface area contributed by atoms with Crippen molar-refractivity contribution in [2.75, 3.05) is 44.7 Å². The highest BCUT2D eigenvalue weighted by molar-refractivity contribution is 9.15. The van der Waals surface area contributed by atoms with E-state index in [2.05, 4.69) is 136 Å². The molecule has 2 aromatic carbocycles. The Bertz CT molecular complexity index is 1610. The fourth-order valence-corrected chi connectivity index (χ4v) is 9.70. The Balaban J connectivity index is 0.000000157. The maximum absolute atomic E-state index is 5.40. The normalized spacial score (nSPS) is 16.9. The quantitative estimate of drug-likeness (QED) is 0.207. The van der Waals surface area contributed by atoms with Crippen molar-refractivity contribution in [1.29, 1.82) is 0 Å². The average molecular weight is 997 g/mol. The lowest BCUT2D eigenvalue weighted by molar-refractivity contribution is 0.0398. The van der Waals surface area contributed by atoms with E-state index in [1.54, 1.807) is 0 Å². The Hall–Kier alpha value is 0.460. The van der Waals surface area contributed by atoms with Crippen LogP contribution in [0.3, 0.4) is 0 Å². The Kier molecular flexibility index (Phi) is 9.77. The van der Waals surface area contributed by atoms with Gasteiger partial charge in [0.05, 0.1) is 33.2 Å². The summed E-state index contributed by atoms with van der Waals surface area (Å²) in [5.74, 6) is 0.977. The predicted molar refractivity (Wildman–Crippen MR) is 186 cm³/mol. The van der Waals surface area contributed by atoms with Crippen molar-refractivity contribution in [1.82, 2.24) is 24.0 Å². The van der Waals surface area contributed by atoms with E-state index < -0.39 is 0 Å². The van der Waals surface area contributed by atoms with Crippen LogP contribution in [-0.2, 0) is 30.7 Å². The summed E-state index contributed by atoms with van der Waals surface area (Å²) in [6.07, 6.45) is 4.48. The lowest BCUT2D eigenvalue weighted by Gasteiger charge is -2.26. The Labute approximate surface area is 291 Å². The topological polar surface area (TPSA) is 60.1 Å². The zero-order chi connectivity index (χ0) is 28.1. The molecule has 3 aliphatic heterocycles. The van der Waals surface area contributed by atoms with Gasteiger partial charge in [-0.3, -0.25) is 4.90 Å². The number of nitrogens with one attached hydrogen (secondary N) is 1. The van der Waals surface area contributed by atoms with Gasteiger partial charge in [0.2, 0.25) is 5.95 Å². The number of hydrogen-bond donors (Lipinski definition) is 1. The van der Waals surface area contributed by atoms with Gasteiger partial charge in [-0.15, -0.1) is 0 Å². The van der Waals surface area contributed by atoms with Crippen LogP contribution < -0.4 is 5.32 Å². The number of ether oxygens (including phenoxy) is 1. The summed E-state index contributed by atoms with van der Waals surface area (Å²) < 4.78 is 17.3. The zero-order valence-corrected chi connectivity index (χ0v) is 32.4. The first-order chi connectivity index (χ1) is 19.3. The van der Waals surface area contributed by atoms with Crippen LogP contribution in [-0.4, -0.2) is 63.4 Å². The van der Waals surface area contributed by atoms with Gasteiger partial charge in [0.1, 0.15) is 11.0 Å². The van der Waals surface area contributed by atoms with E-state index in [1.807, 2.05) is 0 Å². The molecule has 0 atom stereocenters. The van der Waals surface area contributed by atoms with Crippen molar-refractivity contribution >= 4 is 140 Å². The van der Waals surface area contributed by atoms with Crippen molar-refractivity contribution in [3.05, 3.63) is 42.7 Å². The van der Waals surface area contributed by atoms with Crippen LogP contribution in [0.4, 0.5) is 5.95 Å². The molecule has 0 bridgehead atoms. The molecule has 0 unspecified atom stereocenters. The number of aryl methyl sites for hydroxylation is 4. The highest BCUT2D eigenvalue weighted by Gasteiger charge is 2.26. The van der Waals surface area contributed by atoms with E-state index in [-0.39, 0.29) is 0 Å². The summed E-state index contributed by atoms with van der Waals surface area (Å²) >= 11 is 25.5. The number of morpholine rings is 1. The molecule has 14 heteroatoms. The van der Waals surface area contributed by atoms with Crippen molar-refractivity contribution in [2.24, 2.45) is 0 Å². The van der Waals surface area contributed by atoms with E-state index in [4.69, 9.17) is 9.72 Å². The third-order valence-corrected chi connectivity index (χ3v) is 15.2. The van der Waals surface area contributed by atoms with Crippen LogP contribution in [0.5, 0.6) is 0 Å². The number of anilines is 1. The smallest absolute Gasteiger partial charge is 0.203 e. The van der Waals surface area contributed by atoms with Crippen LogP contribution in [0.25, 0.3) is 22.1 Å². The van der Waals surface area contributed by atoms with Gasteiger partial charge in [-0.25, -0.2) is 9.97 Å². The molecular formula is C26H25Br7N6O. The molecule has 214 valence electrons. The first kappa shape index (κ1) is 30.5. The molecule has 5 heterocycles. The van der Waals surface area contributed by atoms with Gasteiger partial charge < -0.3 is 19.2 Å². The van der Waals surface area contributed by atoms with Crippen LogP contribution in [0.1, 0.15) is 24.0 Å². The summed E-state index contributed by atoms with van der Waals surface area (Å²) in [5, 5.41) is 3.55. The summed E-state index contributed by atoms with van der Waals surface area (Å²) in [4.78, 5) is 11.9. The minimum absolute atomic E-state index is 0.844. The fourth-order valence-electron chi connectivity index (χ4n) is 5.66. The second kappa shape index (κ2) is 12.8. The van der Waals surface area contributed by atoms with Crippen LogP contribution in [0.2, 0.25) is 0 Å². The number of aromatic nitrogens is 4. The standard InChI is InChI=1S/C16H19Br3N4O.C10H6Br4N2/c17-11-10-2-1-4-23-15(10)14(13(19)12(11)18)21-16(23)20-3-5-22-6-8-24-9-7-22;11-5-4-2-1-3-16-9(4)8(15-10(16)14)7(13)6(5)12/h1-9H2,(H,20,21);1-3H2. The molecule has 0 radical (unpaired) electrons. The van der Waals surface area contributed by atoms with Gasteiger partial charge in [0.15, 0.2) is 4.73 Å². The number of hydrogen-bond acceptors (Lipinski definition) is 5. The predicted octanol–water partition coefficient (Wildman–Crippen LogP) is 9.05. The van der Waals surface area contributed by atoms with Crippen LogP contribution >= 0.6 is 112 Å². The van der Waals surface area contributed by atoms with E-state index in [0.29, 0.717) is 0 Å². The summed E-state index contributed by atoms with van der Waals surface area (Å²) in [6, 6.07) is 0. The Morgan fingerprint density at radius 2 is 1.20 bits per heavy atom. The lowest BCUT2D eigenvalue weighted by Crippen LogP contribution is -2.39. The molecule has 7 rings (SSSR count). The molecule has 1 N–H and O–H groups in total. The molecule has 2 aromatic heterocycles. The number of halogens is 7. The molecule has 7 nitrogen and oxygen atoms in total. The second-order valence-electron chi connectivity index (χ2n) is 9.94. The van der Waals surface area contributed by atoms with E-state index >= 15 is 0 Å². The van der Waals surface area contributed by atoms with Crippen molar-refractivity contribution in [2.45, 2.75) is 38.8 Å². The summed E-state index contributed by atoms with van der Waals surface area (Å²) in [7, 11) is 0. The van der Waals surface area contributed by atoms with Gasteiger partial charge in [0, 0.05) is 57.2 Å². The first-order valence-corrected chi connectivity index (χ1v) is 18.6. The molecule has 0 saturated carbocycles. The maximum atomic E-state index is 5.40. The SMILES string of the molecule is Brc1c(Br)c2c3c(nc(Br)n3CCC2)c1Br.Brc1c(Br)c2c3c(nc(NCCN4CCOCC4)n3CCC2)c1Br. The molecule has 1 saturated heterocycles. The maximum Gasteiger partial charge on any atom is 0.203 e. The molecule has 0 aliphatic carbocycles. The van der Waals surface area contributed by atoms with Gasteiger partial charge in [-0.1, -0.05) is 0 Å². The third-order valence-electron chi connectivity index (χ3n) is 7.61. The monoisotopic (exact) mass is 990 g/mol. The minimum Gasteiger partial charge on any atom is -0.379 e.